The summed E-state index contributed by atoms with van der Waals surface area (Å²) in [6, 6.07) is 19.8. The molecule has 1 nitrogen and oxygen atoms in total. The molecule has 0 aliphatic heterocycles. The van der Waals surface area contributed by atoms with E-state index in [9.17, 15) is 4.39 Å². The molecule has 0 spiro atoms. The predicted octanol–water partition coefficient (Wildman–Crippen LogP) is 4.90. The molecule has 0 aromatic heterocycles. The van der Waals surface area contributed by atoms with Crippen molar-refractivity contribution in [1.29, 1.82) is 0 Å². The minimum Gasteiger partial charge on any atom is -0.381 e. The van der Waals surface area contributed by atoms with Gasteiger partial charge < -0.3 is 5.32 Å². The van der Waals surface area contributed by atoms with E-state index in [1.54, 1.807) is 13.0 Å². The van der Waals surface area contributed by atoms with Gasteiger partial charge in [-0.2, -0.15) is 0 Å². The van der Waals surface area contributed by atoms with E-state index in [4.69, 9.17) is 0 Å². The highest BCUT2D eigenvalue weighted by Crippen LogP contribution is 2.20. The van der Waals surface area contributed by atoms with Crippen LogP contribution in [0.15, 0.2) is 60.7 Å². The van der Waals surface area contributed by atoms with E-state index in [0.717, 1.165) is 5.69 Å². The van der Waals surface area contributed by atoms with Crippen LogP contribution in [0.25, 0.3) is 10.8 Å². The van der Waals surface area contributed by atoms with E-state index in [1.165, 1.54) is 22.4 Å². The Bertz CT molecular complexity index is 749. The van der Waals surface area contributed by atoms with Crippen LogP contribution in [0.3, 0.4) is 0 Å². The van der Waals surface area contributed by atoms with E-state index >= 15 is 0 Å². The minimum atomic E-state index is -0.173. The SMILES string of the molecule is Cc1c(F)cccc1NCc1ccc2ccccc2c1. The lowest BCUT2D eigenvalue weighted by Gasteiger charge is -2.10. The molecule has 0 heterocycles. The van der Waals surface area contributed by atoms with Gasteiger partial charge in [-0.25, -0.2) is 4.39 Å². The summed E-state index contributed by atoms with van der Waals surface area (Å²) in [5, 5.41) is 5.75. The number of hydrogen-bond donors (Lipinski definition) is 1. The first kappa shape index (κ1) is 12.7. The summed E-state index contributed by atoms with van der Waals surface area (Å²) in [6.07, 6.45) is 0. The second kappa shape index (κ2) is 5.33. The van der Waals surface area contributed by atoms with Gasteiger partial charge in [0.05, 0.1) is 0 Å². The molecule has 0 bridgehead atoms. The molecule has 0 atom stereocenters. The van der Waals surface area contributed by atoms with Gasteiger partial charge in [0.25, 0.3) is 0 Å². The molecular formula is C18H16FN. The number of benzene rings is 3. The van der Waals surface area contributed by atoms with E-state index in [0.29, 0.717) is 12.1 Å². The average molecular weight is 265 g/mol. The van der Waals surface area contributed by atoms with Crippen LogP contribution in [0, 0.1) is 12.7 Å². The molecular weight excluding hydrogens is 249 g/mol. The minimum absolute atomic E-state index is 0.173. The van der Waals surface area contributed by atoms with Crippen LogP contribution in [0.1, 0.15) is 11.1 Å². The zero-order chi connectivity index (χ0) is 13.9. The molecule has 0 amide bonds. The molecule has 20 heavy (non-hydrogen) atoms. The Kier molecular flexibility index (Phi) is 3.38. The Labute approximate surface area is 118 Å². The van der Waals surface area contributed by atoms with Gasteiger partial charge in [0.2, 0.25) is 0 Å². The maximum absolute atomic E-state index is 13.5. The van der Waals surface area contributed by atoms with Gasteiger partial charge in [-0.15, -0.1) is 0 Å². The van der Waals surface area contributed by atoms with Crippen molar-refractivity contribution in [2.24, 2.45) is 0 Å². The maximum Gasteiger partial charge on any atom is 0.128 e. The smallest absolute Gasteiger partial charge is 0.128 e. The molecule has 3 aromatic rings. The Balaban J connectivity index is 1.81. The first-order chi connectivity index (χ1) is 9.74. The third-order valence-electron chi connectivity index (χ3n) is 3.56. The molecule has 0 saturated heterocycles. The van der Waals surface area contributed by atoms with Crippen molar-refractivity contribution in [3.63, 3.8) is 0 Å². The van der Waals surface area contributed by atoms with Crippen molar-refractivity contribution in [1.82, 2.24) is 0 Å². The quantitative estimate of drug-likeness (QED) is 0.710. The van der Waals surface area contributed by atoms with Gasteiger partial charge >= 0.3 is 0 Å². The van der Waals surface area contributed by atoms with Gasteiger partial charge in [0.1, 0.15) is 5.82 Å². The number of anilines is 1. The molecule has 3 rings (SSSR count). The lowest BCUT2D eigenvalue weighted by atomic mass is 10.1. The molecule has 0 aliphatic rings. The van der Waals surface area contributed by atoms with Crippen LogP contribution in [-0.2, 0) is 6.54 Å². The highest BCUT2D eigenvalue weighted by atomic mass is 19.1. The first-order valence-electron chi connectivity index (χ1n) is 6.71. The third-order valence-corrected chi connectivity index (χ3v) is 3.56. The maximum atomic E-state index is 13.5. The summed E-state index contributed by atoms with van der Waals surface area (Å²) in [6.45, 7) is 2.48. The fourth-order valence-corrected chi connectivity index (χ4v) is 2.35. The number of halogens is 1. The second-order valence-corrected chi connectivity index (χ2v) is 4.95. The van der Waals surface area contributed by atoms with Crippen molar-refractivity contribution in [2.75, 3.05) is 5.32 Å². The highest BCUT2D eigenvalue weighted by Gasteiger charge is 2.03. The van der Waals surface area contributed by atoms with Gasteiger partial charge in [0, 0.05) is 17.8 Å². The fourth-order valence-electron chi connectivity index (χ4n) is 2.35. The molecule has 2 heteroatoms. The second-order valence-electron chi connectivity index (χ2n) is 4.95. The van der Waals surface area contributed by atoms with Gasteiger partial charge in [-0.3, -0.25) is 0 Å². The lowest BCUT2D eigenvalue weighted by Crippen LogP contribution is -2.02. The molecule has 0 radical (unpaired) electrons. The molecule has 3 aromatic carbocycles. The number of fused-ring (bicyclic) bond motifs is 1. The summed E-state index contributed by atoms with van der Waals surface area (Å²) < 4.78 is 13.5. The number of rotatable bonds is 3. The zero-order valence-corrected chi connectivity index (χ0v) is 11.4. The summed E-state index contributed by atoms with van der Waals surface area (Å²) in [4.78, 5) is 0. The van der Waals surface area contributed by atoms with Crippen molar-refractivity contribution in [2.45, 2.75) is 13.5 Å². The summed E-state index contributed by atoms with van der Waals surface area (Å²) in [5.74, 6) is -0.173. The number of hydrogen-bond acceptors (Lipinski definition) is 1. The Hall–Kier alpha value is -2.35. The summed E-state index contributed by atoms with van der Waals surface area (Å²) in [5.41, 5.74) is 2.69. The highest BCUT2D eigenvalue weighted by molar-refractivity contribution is 5.83. The first-order valence-corrected chi connectivity index (χ1v) is 6.71. The van der Waals surface area contributed by atoms with Crippen molar-refractivity contribution >= 4 is 16.5 Å². The zero-order valence-electron chi connectivity index (χ0n) is 11.4. The van der Waals surface area contributed by atoms with Gasteiger partial charge in [0.15, 0.2) is 0 Å². The Morgan fingerprint density at radius 1 is 0.900 bits per heavy atom. The average Bonchev–Trinajstić information content (AvgIpc) is 2.48. The van der Waals surface area contributed by atoms with Crippen molar-refractivity contribution in [3.05, 3.63) is 77.6 Å². The topological polar surface area (TPSA) is 12.0 Å². The Morgan fingerprint density at radius 3 is 2.55 bits per heavy atom. The van der Waals surface area contributed by atoms with E-state index < -0.39 is 0 Å². The molecule has 0 aliphatic carbocycles. The monoisotopic (exact) mass is 265 g/mol. The molecule has 0 saturated carbocycles. The predicted molar refractivity (Wildman–Crippen MR) is 82.4 cm³/mol. The molecule has 1 N–H and O–H groups in total. The van der Waals surface area contributed by atoms with Crippen LogP contribution in [0.2, 0.25) is 0 Å². The fraction of sp³-hybridized carbons (Fsp3) is 0.111. The summed E-state index contributed by atoms with van der Waals surface area (Å²) in [7, 11) is 0. The van der Waals surface area contributed by atoms with Crippen molar-refractivity contribution < 1.29 is 4.39 Å². The van der Waals surface area contributed by atoms with Crippen LogP contribution in [-0.4, -0.2) is 0 Å². The van der Waals surface area contributed by atoms with E-state index in [2.05, 4.69) is 35.6 Å². The standard InChI is InChI=1S/C18H16FN/c1-13-17(19)7-4-8-18(13)20-12-14-9-10-15-5-2-3-6-16(15)11-14/h2-11,20H,12H2,1H3. The summed E-state index contributed by atoms with van der Waals surface area (Å²) >= 11 is 0. The molecule has 0 fully saturated rings. The Morgan fingerprint density at radius 2 is 1.70 bits per heavy atom. The van der Waals surface area contributed by atoms with E-state index in [1.807, 2.05) is 18.2 Å². The largest absolute Gasteiger partial charge is 0.381 e. The van der Waals surface area contributed by atoms with E-state index in [-0.39, 0.29) is 5.82 Å². The van der Waals surface area contributed by atoms with Crippen LogP contribution < -0.4 is 5.32 Å². The normalized spacial score (nSPS) is 10.7. The lowest BCUT2D eigenvalue weighted by molar-refractivity contribution is 0.619. The van der Waals surface area contributed by atoms with Crippen LogP contribution in [0.5, 0.6) is 0 Å². The van der Waals surface area contributed by atoms with Crippen LogP contribution in [0.4, 0.5) is 10.1 Å². The third kappa shape index (κ3) is 2.50. The molecule has 0 unspecified atom stereocenters. The van der Waals surface area contributed by atoms with Crippen molar-refractivity contribution in [3.8, 4) is 0 Å². The van der Waals surface area contributed by atoms with Crippen LogP contribution >= 0.6 is 0 Å². The number of nitrogens with one attached hydrogen (secondary N) is 1. The van der Waals surface area contributed by atoms with Gasteiger partial charge in [-0.1, -0.05) is 42.5 Å². The molecule has 100 valence electrons. The van der Waals surface area contributed by atoms with Gasteiger partial charge in [-0.05, 0) is 41.5 Å².